The van der Waals surface area contributed by atoms with E-state index in [-0.39, 0.29) is 6.03 Å². The number of aryl methyl sites for hydroxylation is 1. The van der Waals surface area contributed by atoms with Crippen molar-refractivity contribution in [2.24, 2.45) is 23.2 Å². The first-order valence-electron chi connectivity index (χ1n) is 11.2. The van der Waals surface area contributed by atoms with Gasteiger partial charge in [0.15, 0.2) is 0 Å². The third-order valence-corrected chi connectivity index (χ3v) is 8.06. The predicted molar refractivity (Wildman–Crippen MR) is 120 cm³/mol. The predicted octanol–water partition coefficient (Wildman–Crippen LogP) is 5.54. The molecule has 4 saturated carbocycles. The summed E-state index contributed by atoms with van der Waals surface area (Å²) in [6, 6.07) is 7.68. The molecule has 2 amide bonds. The fourth-order valence-corrected chi connectivity index (χ4v) is 6.95. The van der Waals surface area contributed by atoms with E-state index in [2.05, 4.69) is 15.7 Å². The first kappa shape index (κ1) is 19.9. The normalized spacial score (nSPS) is 29.2. The van der Waals surface area contributed by atoms with E-state index < -0.39 is 0 Å². The SMILES string of the molecule is Cc1nn(Cc2ccccc2Cl)c(C)c1NC(=O)NCC12CC3CC(CC(C3)C1)C2. The van der Waals surface area contributed by atoms with Crippen molar-refractivity contribution in [3.63, 3.8) is 0 Å². The maximum atomic E-state index is 12.8. The van der Waals surface area contributed by atoms with Gasteiger partial charge in [0.2, 0.25) is 0 Å². The Kier molecular flexibility index (Phi) is 5.04. The van der Waals surface area contributed by atoms with Crippen molar-refractivity contribution in [1.82, 2.24) is 15.1 Å². The highest BCUT2D eigenvalue weighted by Crippen LogP contribution is 2.59. The fraction of sp³-hybridized carbons (Fsp3) is 0.583. The van der Waals surface area contributed by atoms with Gasteiger partial charge in [0.05, 0.1) is 23.6 Å². The van der Waals surface area contributed by atoms with Crippen LogP contribution in [0, 0.1) is 37.0 Å². The number of nitrogens with zero attached hydrogens (tertiary/aromatic N) is 2. The first-order valence-corrected chi connectivity index (χ1v) is 11.6. The Morgan fingerprint density at radius 1 is 1.13 bits per heavy atom. The molecule has 0 spiro atoms. The zero-order valence-corrected chi connectivity index (χ0v) is 18.6. The second kappa shape index (κ2) is 7.60. The van der Waals surface area contributed by atoms with Gasteiger partial charge in [0.25, 0.3) is 0 Å². The molecule has 2 aromatic rings. The van der Waals surface area contributed by atoms with Gasteiger partial charge in [-0.25, -0.2) is 4.79 Å². The van der Waals surface area contributed by atoms with Crippen LogP contribution in [0.25, 0.3) is 0 Å². The van der Waals surface area contributed by atoms with Gasteiger partial charge >= 0.3 is 6.03 Å². The molecule has 1 aromatic carbocycles. The van der Waals surface area contributed by atoms with Crippen LogP contribution in [0.3, 0.4) is 0 Å². The Labute approximate surface area is 183 Å². The average Bonchev–Trinajstić information content (AvgIpc) is 2.95. The van der Waals surface area contributed by atoms with Crippen LogP contribution in [0.1, 0.15) is 55.5 Å². The molecular weight excluding hydrogens is 396 g/mol. The van der Waals surface area contributed by atoms with Crippen molar-refractivity contribution in [3.8, 4) is 0 Å². The maximum Gasteiger partial charge on any atom is 0.319 e. The number of rotatable bonds is 5. The van der Waals surface area contributed by atoms with Gasteiger partial charge < -0.3 is 10.6 Å². The molecule has 6 rings (SSSR count). The lowest BCUT2D eigenvalue weighted by molar-refractivity contribution is -0.0496. The Morgan fingerprint density at radius 2 is 1.77 bits per heavy atom. The highest BCUT2D eigenvalue weighted by Gasteiger charge is 2.50. The van der Waals surface area contributed by atoms with Gasteiger partial charge in [-0.3, -0.25) is 4.68 Å². The van der Waals surface area contributed by atoms with Crippen LogP contribution in [0.4, 0.5) is 10.5 Å². The van der Waals surface area contributed by atoms with E-state index in [1.54, 1.807) is 0 Å². The lowest BCUT2D eigenvalue weighted by Gasteiger charge is -2.56. The van der Waals surface area contributed by atoms with Crippen molar-refractivity contribution in [1.29, 1.82) is 0 Å². The van der Waals surface area contributed by atoms with Gasteiger partial charge in [0, 0.05) is 11.6 Å². The zero-order valence-electron chi connectivity index (χ0n) is 17.9. The molecule has 2 N–H and O–H groups in total. The highest BCUT2D eigenvalue weighted by molar-refractivity contribution is 6.31. The van der Waals surface area contributed by atoms with Crippen LogP contribution >= 0.6 is 11.6 Å². The molecule has 0 saturated heterocycles. The van der Waals surface area contributed by atoms with Gasteiger partial charge in [-0.1, -0.05) is 29.8 Å². The van der Waals surface area contributed by atoms with Gasteiger partial charge in [-0.15, -0.1) is 0 Å². The molecule has 1 heterocycles. The van der Waals surface area contributed by atoms with E-state index in [1.807, 2.05) is 42.8 Å². The maximum absolute atomic E-state index is 12.8. The Bertz CT molecular complexity index is 931. The van der Waals surface area contributed by atoms with Crippen molar-refractivity contribution in [2.75, 3.05) is 11.9 Å². The standard InChI is InChI=1S/C24H31ClN4O/c1-15-22(16(2)29(28-15)13-20-5-3-4-6-21(20)25)27-23(30)26-14-24-10-17-7-18(11-24)9-19(8-17)12-24/h3-6,17-19H,7-14H2,1-2H3,(H2,26,27,30). The number of hydrogen-bond acceptors (Lipinski definition) is 2. The van der Waals surface area contributed by atoms with Crippen molar-refractivity contribution in [3.05, 3.63) is 46.2 Å². The Balaban J connectivity index is 1.23. The molecule has 4 bridgehead atoms. The quantitative estimate of drug-likeness (QED) is 0.659. The molecule has 0 atom stereocenters. The molecule has 4 aliphatic rings. The third kappa shape index (κ3) is 3.73. The topological polar surface area (TPSA) is 59.0 Å². The molecule has 160 valence electrons. The van der Waals surface area contributed by atoms with Crippen LogP contribution in [-0.2, 0) is 6.54 Å². The number of nitrogens with one attached hydrogen (secondary N) is 2. The molecule has 4 fully saturated rings. The first-order chi connectivity index (χ1) is 14.4. The summed E-state index contributed by atoms with van der Waals surface area (Å²) in [5.74, 6) is 2.69. The molecule has 1 aromatic heterocycles. The summed E-state index contributed by atoms with van der Waals surface area (Å²) in [4.78, 5) is 12.8. The lowest BCUT2D eigenvalue weighted by Crippen LogP contribution is -2.51. The van der Waals surface area contributed by atoms with E-state index in [9.17, 15) is 4.79 Å². The summed E-state index contributed by atoms with van der Waals surface area (Å²) in [6.07, 6.45) is 8.17. The summed E-state index contributed by atoms with van der Waals surface area (Å²) >= 11 is 6.31. The Morgan fingerprint density at radius 3 is 2.40 bits per heavy atom. The molecule has 0 unspecified atom stereocenters. The minimum atomic E-state index is -0.116. The van der Waals surface area contributed by atoms with E-state index in [0.29, 0.717) is 12.0 Å². The molecule has 4 aliphatic carbocycles. The summed E-state index contributed by atoms with van der Waals surface area (Å²) in [6.45, 7) is 5.31. The monoisotopic (exact) mass is 426 g/mol. The number of carbonyl (C=O) groups is 1. The summed E-state index contributed by atoms with van der Waals surface area (Å²) in [5.41, 5.74) is 3.92. The summed E-state index contributed by atoms with van der Waals surface area (Å²) in [5, 5.41) is 11.6. The van der Waals surface area contributed by atoms with Crippen LogP contribution in [-0.4, -0.2) is 22.4 Å². The second-order valence-electron chi connectivity index (χ2n) is 10.0. The molecule has 0 radical (unpaired) electrons. The van der Waals surface area contributed by atoms with Crippen LogP contribution in [0.5, 0.6) is 0 Å². The molecule has 5 nitrogen and oxygen atoms in total. The van der Waals surface area contributed by atoms with Crippen LogP contribution in [0.15, 0.2) is 24.3 Å². The Hall–Kier alpha value is -2.01. The summed E-state index contributed by atoms with van der Waals surface area (Å²) < 4.78 is 1.91. The van der Waals surface area contributed by atoms with Crippen molar-refractivity contribution < 1.29 is 4.79 Å². The third-order valence-electron chi connectivity index (χ3n) is 7.69. The average molecular weight is 427 g/mol. The van der Waals surface area contributed by atoms with E-state index in [1.165, 1.54) is 38.5 Å². The smallest absolute Gasteiger partial charge is 0.319 e. The zero-order chi connectivity index (χ0) is 20.9. The molecule has 0 aliphatic heterocycles. The van der Waals surface area contributed by atoms with Crippen molar-refractivity contribution in [2.45, 2.75) is 58.9 Å². The second-order valence-corrected chi connectivity index (χ2v) is 10.4. The van der Waals surface area contributed by atoms with Crippen LogP contribution in [0.2, 0.25) is 5.02 Å². The number of anilines is 1. The largest absolute Gasteiger partial charge is 0.337 e. The van der Waals surface area contributed by atoms with E-state index in [4.69, 9.17) is 11.6 Å². The van der Waals surface area contributed by atoms with Crippen molar-refractivity contribution >= 4 is 23.3 Å². The van der Waals surface area contributed by atoms with Gasteiger partial charge in [-0.2, -0.15) is 5.10 Å². The van der Waals surface area contributed by atoms with Gasteiger partial charge in [0.1, 0.15) is 0 Å². The number of urea groups is 1. The molecule has 6 heteroatoms. The minimum Gasteiger partial charge on any atom is -0.337 e. The number of halogens is 1. The van der Waals surface area contributed by atoms with Crippen LogP contribution < -0.4 is 10.6 Å². The van der Waals surface area contributed by atoms with E-state index >= 15 is 0 Å². The summed E-state index contributed by atoms with van der Waals surface area (Å²) in [7, 11) is 0. The minimum absolute atomic E-state index is 0.116. The van der Waals surface area contributed by atoms with Gasteiger partial charge in [-0.05, 0) is 87.2 Å². The number of aromatic nitrogens is 2. The number of amides is 2. The highest BCUT2D eigenvalue weighted by atomic mass is 35.5. The number of carbonyl (C=O) groups excluding carboxylic acids is 1. The molecule has 30 heavy (non-hydrogen) atoms. The number of benzene rings is 1. The van der Waals surface area contributed by atoms with E-state index in [0.717, 1.165) is 52.0 Å². The number of hydrogen-bond donors (Lipinski definition) is 2. The molecular formula is C24H31ClN4O. The lowest BCUT2D eigenvalue weighted by atomic mass is 9.49. The fourth-order valence-electron chi connectivity index (χ4n) is 6.75.